The van der Waals surface area contributed by atoms with Crippen molar-refractivity contribution < 1.29 is 26.3 Å². The SMILES string of the molecule is CC1(C)CNC(CC(F)(F)F)C(C)(C)N1CC(F)(F)F. The summed E-state index contributed by atoms with van der Waals surface area (Å²) in [5, 5.41) is 2.74. The van der Waals surface area contributed by atoms with Crippen LogP contribution in [0.25, 0.3) is 0 Å². The average molecular weight is 306 g/mol. The molecule has 1 atom stereocenters. The molecule has 1 saturated heterocycles. The first-order valence-electron chi connectivity index (χ1n) is 6.30. The minimum absolute atomic E-state index is 0.0766. The Kier molecular flexibility index (Phi) is 4.43. The van der Waals surface area contributed by atoms with Crippen LogP contribution in [0.5, 0.6) is 0 Å². The molecule has 0 spiro atoms. The Bertz CT molecular complexity index is 345. The van der Waals surface area contributed by atoms with Crippen LogP contribution in [0, 0.1) is 0 Å². The second kappa shape index (κ2) is 5.05. The van der Waals surface area contributed by atoms with Crippen molar-refractivity contribution >= 4 is 0 Å². The van der Waals surface area contributed by atoms with Gasteiger partial charge in [-0.2, -0.15) is 26.3 Å². The molecular formula is C12H20F6N2. The molecule has 1 aliphatic heterocycles. The first kappa shape index (κ1) is 17.6. The second-order valence-electron chi connectivity index (χ2n) is 6.42. The summed E-state index contributed by atoms with van der Waals surface area (Å²) in [7, 11) is 0. The van der Waals surface area contributed by atoms with Gasteiger partial charge in [-0.25, -0.2) is 0 Å². The molecular weight excluding hydrogens is 286 g/mol. The third-order valence-electron chi connectivity index (χ3n) is 3.83. The number of hydrogen-bond acceptors (Lipinski definition) is 2. The third kappa shape index (κ3) is 4.25. The van der Waals surface area contributed by atoms with E-state index in [1.54, 1.807) is 13.8 Å². The van der Waals surface area contributed by atoms with Crippen molar-refractivity contribution in [2.75, 3.05) is 13.1 Å². The summed E-state index contributed by atoms with van der Waals surface area (Å²) >= 11 is 0. The van der Waals surface area contributed by atoms with Crippen LogP contribution in [-0.4, -0.2) is 47.5 Å². The summed E-state index contributed by atoms with van der Waals surface area (Å²) in [6.45, 7) is 4.89. The van der Waals surface area contributed by atoms with Gasteiger partial charge in [0.1, 0.15) is 0 Å². The van der Waals surface area contributed by atoms with Crippen molar-refractivity contribution in [3.05, 3.63) is 0 Å². The fourth-order valence-corrected chi connectivity index (χ4v) is 2.84. The number of nitrogens with one attached hydrogen (secondary N) is 1. The van der Waals surface area contributed by atoms with Gasteiger partial charge in [-0.1, -0.05) is 0 Å². The average Bonchev–Trinajstić information content (AvgIpc) is 2.15. The van der Waals surface area contributed by atoms with E-state index in [4.69, 9.17) is 0 Å². The smallest absolute Gasteiger partial charge is 0.310 e. The van der Waals surface area contributed by atoms with Gasteiger partial charge in [0.05, 0.1) is 13.0 Å². The van der Waals surface area contributed by atoms with Crippen LogP contribution >= 0.6 is 0 Å². The van der Waals surface area contributed by atoms with Crippen LogP contribution in [0.1, 0.15) is 34.1 Å². The van der Waals surface area contributed by atoms with Crippen LogP contribution in [0.4, 0.5) is 26.3 Å². The normalized spacial score (nSPS) is 27.6. The molecule has 1 fully saturated rings. The van der Waals surface area contributed by atoms with Gasteiger partial charge >= 0.3 is 12.4 Å². The molecule has 0 aliphatic carbocycles. The van der Waals surface area contributed by atoms with E-state index in [2.05, 4.69) is 5.32 Å². The van der Waals surface area contributed by atoms with Crippen LogP contribution in [0.15, 0.2) is 0 Å². The number of hydrogen-bond donors (Lipinski definition) is 1. The van der Waals surface area contributed by atoms with Gasteiger partial charge in [-0.15, -0.1) is 0 Å². The fourth-order valence-electron chi connectivity index (χ4n) is 2.84. The van der Waals surface area contributed by atoms with E-state index in [1.165, 1.54) is 13.8 Å². The Hall–Kier alpha value is -0.500. The Morgan fingerprint density at radius 3 is 1.90 bits per heavy atom. The standard InChI is InChI=1S/C12H20F6N2/c1-9(2)6-19-8(5-11(13,14)15)10(3,4)20(9)7-12(16,17)18/h8,19H,5-7H2,1-4H3. The summed E-state index contributed by atoms with van der Waals surface area (Å²) in [5.41, 5.74) is -2.13. The quantitative estimate of drug-likeness (QED) is 0.787. The van der Waals surface area contributed by atoms with E-state index in [0.29, 0.717) is 0 Å². The molecule has 0 amide bonds. The monoisotopic (exact) mass is 306 g/mol. The predicted octanol–water partition coefficient (Wildman–Crippen LogP) is 3.33. The van der Waals surface area contributed by atoms with E-state index in [1.807, 2.05) is 0 Å². The van der Waals surface area contributed by atoms with E-state index >= 15 is 0 Å². The first-order chi connectivity index (χ1) is 8.65. The minimum atomic E-state index is -4.45. The number of rotatable bonds is 2. The van der Waals surface area contributed by atoms with Gasteiger partial charge in [0, 0.05) is 23.7 Å². The molecule has 1 aliphatic rings. The lowest BCUT2D eigenvalue weighted by molar-refractivity contribution is -0.195. The fraction of sp³-hybridized carbons (Fsp3) is 1.00. The first-order valence-corrected chi connectivity index (χ1v) is 6.30. The zero-order chi connectivity index (χ0) is 16.0. The van der Waals surface area contributed by atoms with Crippen LogP contribution in [-0.2, 0) is 0 Å². The van der Waals surface area contributed by atoms with Crippen LogP contribution < -0.4 is 5.32 Å². The predicted molar refractivity (Wildman–Crippen MR) is 63.4 cm³/mol. The summed E-state index contributed by atoms with van der Waals surface area (Å²) in [5.74, 6) is 0. The molecule has 0 aromatic rings. The van der Waals surface area contributed by atoms with Gasteiger partial charge in [-0.3, -0.25) is 4.90 Å². The van der Waals surface area contributed by atoms with Gasteiger partial charge < -0.3 is 5.32 Å². The molecule has 120 valence electrons. The van der Waals surface area contributed by atoms with Gasteiger partial charge in [0.25, 0.3) is 0 Å². The number of nitrogens with zero attached hydrogens (tertiary/aromatic N) is 1. The van der Waals surface area contributed by atoms with Crippen LogP contribution in [0.2, 0.25) is 0 Å². The number of halogens is 6. The topological polar surface area (TPSA) is 15.3 Å². The van der Waals surface area contributed by atoms with Gasteiger partial charge in [0.2, 0.25) is 0 Å². The molecule has 0 aromatic carbocycles. The van der Waals surface area contributed by atoms with Crippen LogP contribution in [0.3, 0.4) is 0 Å². The molecule has 0 radical (unpaired) electrons. The van der Waals surface area contributed by atoms with E-state index < -0.39 is 42.4 Å². The molecule has 0 saturated carbocycles. The molecule has 8 heteroatoms. The maximum Gasteiger partial charge on any atom is 0.401 e. The molecule has 1 N–H and O–H groups in total. The van der Waals surface area contributed by atoms with Crippen molar-refractivity contribution in [2.45, 2.75) is 63.6 Å². The molecule has 20 heavy (non-hydrogen) atoms. The van der Waals surface area contributed by atoms with Gasteiger partial charge in [-0.05, 0) is 27.7 Å². The Labute approximate surface area is 114 Å². The summed E-state index contributed by atoms with van der Waals surface area (Å²) in [4.78, 5) is 1.12. The zero-order valence-electron chi connectivity index (χ0n) is 11.9. The van der Waals surface area contributed by atoms with Crippen molar-refractivity contribution in [1.82, 2.24) is 10.2 Å². The largest absolute Gasteiger partial charge is 0.401 e. The molecule has 1 unspecified atom stereocenters. The Morgan fingerprint density at radius 2 is 1.50 bits per heavy atom. The third-order valence-corrected chi connectivity index (χ3v) is 3.83. The van der Waals surface area contributed by atoms with Crippen molar-refractivity contribution in [3.63, 3.8) is 0 Å². The minimum Gasteiger partial charge on any atom is -0.310 e. The van der Waals surface area contributed by atoms with Crippen molar-refractivity contribution in [1.29, 1.82) is 0 Å². The summed E-state index contributed by atoms with van der Waals surface area (Å²) in [6, 6.07) is -1.07. The molecule has 0 bridgehead atoms. The zero-order valence-corrected chi connectivity index (χ0v) is 11.9. The van der Waals surface area contributed by atoms with Crippen molar-refractivity contribution in [2.24, 2.45) is 0 Å². The summed E-state index contributed by atoms with van der Waals surface area (Å²) < 4.78 is 75.8. The second-order valence-corrected chi connectivity index (χ2v) is 6.42. The Morgan fingerprint density at radius 1 is 1.00 bits per heavy atom. The molecule has 0 aromatic heterocycles. The van der Waals surface area contributed by atoms with E-state index in [-0.39, 0.29) is 6.54 Å². The lowest BCUT2D eigenvalue weighted by Gasteiger charge is -2.57. The highest BCUT2D eigenvalue weighted by molar-refractivity contribution is 5.06. The molecule has 1 rings (SSSR count). The molecule has 2 nitrogen and oxygen atoms in total. The Balaban J connectivity index is 3.03. The summed E-state index contributed by atoms with van der Waals surface area (Å²) in [6.07, 6.45) is -10.0. The van der Waals surface area contributed by atoms with E-state index in [0.717, 1.165) is 4.90 Å². The maximum absolute atomic E-state index is 12.7. The highest BCUT2D eigenvalue weighted by atomic mass is 19.4. The van der Waals surface area contributed by atoms with Crippen molar-refractivity contribution in [3.8, 4) is 0 Å². The molecule has 1 heterocycles. The lowest BCUT2D eigenvalue weighted by atomic mass is 9.81. The highest BCUT2D eigenvalue weighted by Gasteiger charge is 2.52. The highest BCUT2D eigenvalue weighted by Crippen LogP contribution is 2.38. The number of alkyl halides is 6. The van der Waals surface area contributed by atoms with Gasteiger partial charge in [0.15, 0.2) is 0 Å². The lowest BCUT2D eigenvalue weighted by Crippen LogP contribution is -2.73. The number of piperazine rings is 1. The maximum atomic E-state index is 12.7. The van der Waals surface area contributed by atoms with E-state index in [9.17, 15) is 26.3 Å².